The summed E-state index contributed by atoms with van der Waals surface area (Å²) in [6.07, 6.45) is 25.6. The van der Waals surface area contributed by atoms with E-state index in [-0.39, 0.29) is 18.4 Å². The van der Waals surface area contributed by atoms with Crippen molar-refractivity contribution in [3.63, 3.8) is 0 Å². The molecule has 12 rings (SSSR count). The van der Waals surface area contributed by atoms with E-state index in [1.165, 1.54) is 66.2 Å². The second-order valence-electron chi connectivity index (χ2n) is 16.3. The van der Waals surface area contributed by atoms with Gasteiger partial charge in [0, 0.05) is 51.1 Å². The van der Waals surface area contributed by atoms with Gasteiger partial charge < -0.3 is 14.8 Å². The molecule has 2 N–H and O–H groups in total. The standard InChI is InChI=1S/C53H43N5/c1-3-14-34(15-4-1)51-54-52(35-16-5-2-6-17-35)56-53(55-51)39-20-13-21-41(28-39)57-47-24-11-10-23-44(47)46-31-40-29-42(27-26-38(40)33-50(46)57)58-48-25-12-9-22-43(48)45-30-36-18-7-8-19-37(36)32-49(45)58/h1-10,12-16,18-23,25-33,35,43,48,51-52,54H,11,17,24H2,(H,55,56). The molecule has 1 aromatic heterocycles. The van der Waals surface area contributed by atoms with Gasteiger partial charge in [0.15, 0.2) is 0 Å². The van der Waals surface area contributed by atoms with Crippen molar-refractivity contribution in [3.8, 4) is 5.69 Å². The second-order valence-corrected chi connectivity index (χ2v) is 16.3. The third-order valence-corrected chi connectivity index (χ3v) is 12.9. The summed E-state index contributed by atoms with van der Waals surface area (Å²) < 4.78 is 2.51. The summed E-state index contributed by atoms with van der Waals surface area (Å²) in [5.41, 5.74) is 11.3. The number of allylic oxidation sites excluding steroid dienone is 6. The van der Waals surface area contributed by atoms with Gasteiger partial charge in [-0.1, -0.05) is 134 Å². The zero-order valence-corrected chi connectivity index (χ0v) is 32.2. The van der Waals surface area contributed by atoms with Crippen LogP contribution in [0.3, 0.4) is 0 Å². The van der Waals surface area contributed by atoms with E-state index in [2.05, 4.69) is 202 Å². The normalized spacial score (nSPS) is 22.9. The van der Waals surface area contributed by atoms with Crippen LogP contribution in [0, 0.1) is 5.92 Å². The van der Waals surface area contributed by atoms with Crippen LogP contribution in [0.1, 0.15) is 52.9 Å². The Kier molecular flexibility index (Phi) is 7.77. The minimum atomic E-state index is -0.142. The first-order chi connectivity index (χ1) is 28.7. The maximum atomic E-state index is 5.30. The van der Waals surface area contributed by atoms with Crippen molar-refractivity contribution in [3.05, 3.63) is 204 Å². The molecule has 5 heteroatoms. The topological polar surface area (TPSA) is 44.6 Å². The molecule has 5 atom stereocenters. The molecular formula is C53H43N5. The predicted molar refractivity (Wildman–Crippen MR) is 241 cm³/mol. The lowest BCUT2D eigenvalue weighted by atomic mass is 9.90. The van der Waals surface area contributed by atoms with Crippen LogP contribution in [0.4, 0.5) is 11.4 Å². The first kappa shape index (κ1) is 33.4. The largest absolute Gasteiger partial charge is 0.354 e. The molecule has 0 spiro atoms. The van der Waals surface area contributed by atoms with E-state index in [9.17, 15) is 0 Å². The maximum Gasteiger partial charge on any atom is 0.131 e. The molecule has 2 aliphatic heterocycles. The van der Waals surface area contributed by atoms with E-state index < -0.39 is 0 Å². The Labute approximate surface area is 338 Å². The molecule has 0 saturated carbocycles. The highest BCUT2D eigenvalue weighted by Crippen LogP contribution is 2.49. The average Bonchev–Trinajstić information content (AvgIpc) is 3.79. The van der Waals surface area contributed by atoms with Gasteiger partial charge in [-0.25, -0.2) is 4.99 Å². The smallest absolute Gasteiger partial charge is 0.131 e. The predicted octanol–water partition coefficient (Wildman–Crippen LogP) is 11.7. The van der Waals surface area contributed by atoms with Crippen LogP contribution in [0.5, 0.6) is 0 Å². The Morgan fingerprint density at radius 2 is 1.50 bits per heavy atom. The summed E-state index contributed by atoms with van der Waals surface area (Å²) in [5, 5.41) is 14.0. The number of aliphatic imine (C=N–C) groups is 1. The Morgan fingerprint density at radius 3 is 2.40 bits per heavy atom. The van der Waals surface area contributed by atoms with Gasteiger partial charge in [0.05, 0.1) is 17.7 Å². The summed E-state index contributed by atoms with van der Waals surface area (Å²) in [6.45, 7) is 0. The van der Waals surface area contributed by atoms with Gasteiger partial charge in [-0.15, -0.1) is 0 Å². The lowest BCUT2D eigenvalue weighted by Gasteiger charge is -2.36. The van der Waals surface area contributed by atoms with Gasteiger partial charge in [-0.05, 0) is 100 Å². The first-order valence-corrected chi connectivity index (χ1v) is 20.8. The highest BCUT2D eigenvalue weighted by atomic mass is 15.3. The molecule has 0 saturated heterocycles. The Morgan fingerprint density at radius 1 is 0.655 bits per heavy atom. The van der Waals surface area contributed by atoms with E-state index in [1.807, 2.05) is 0 Å². The molecule has 280 valence electrons. The van der Waals surface area contributed by atoms with E-state index in [1.54, 1.807) is 0 Å². The third kappa shape index (κ3) is 5.45. The fourth-order valence-electron chi connectivity index (χ4n) is 10.1. The van der Waals surface area contributed by atoms with Crippen LogP contribution < -0.4 is 15.5 Å². The monoisotopic (exact) mass is 749 g/mol. The number of hydrogen-bond donors (Lipinski definition) is 2. The number of hydrogen-bond acceptors (Lipinski definition) is 4. The van der Waals surface area contributed by atoms with Crippen LogP contribution in [0.25, 0.3) is 44.2 Å². The molecule has 5 unspecified atom stereocenters. The Hall–Kier alpha value is -6.69. The molecule has 0 fully saturated rings. The number of amidine groups is 1. The lowest BCUT2D eigenvalue weighted by molar-refractivity contribution is 0.328. The number of benzene rings is 6. The average molecular weight is 750 g/mol. The fourth-order valence-corrected chi connectivity index (χ4v) is 10.1. The summed E-state index contributed by atoms with van der Waals surface area (Å²) in [5.74, 6) is 1.57. The van der Waals surface area contributed by atoms with Crippen LogP contribution in [-0.4, -0.2) is 22.6 Å². The summed E-state index contributed by atoms with van der Waals surface area (Å²) >= 11 is 0. The second kappa shape index (κ2) is 13.5. The minimum Gasteiger partial charge on any atom is -0.354 e. The highest BCUT2D eigenvalue weighted by Gasteiger charge is 2.38. The van der Waals surface area contributed by atoms with E-state index in [4.69, 9.17) is 4.99 Å². The third-order valence-electron chi connectivity index (χ3n) is 12.9. The molecule has 0 radical (unpaired) electrons. The van der Waals surface area contributed by atoms with Crippen molar-refractivity contribution < 1.29 is 0 Å². The summed E-state index contributed by atoms with van der Waals surface area (Å²) in [6, 6.07) is 45.3. The van der Waals surface area contributed by atoms with Gasteiger partial charge in [0.2, 0.25) is 0 Å². The van der Waals surface area contributed by atoms with Crippen molar-refractivity contribution in [1.29, 1.82) is 0 Å². The molecule has 0 bridgehead atoms. The molecule has 0 amide bonds. The molecule has 3 heterocycles. The molecule has 5 aliphatic rings. The van der Waals surface area contributed by atoms with E-state index in [0.29, 0.717) is 11.8 Å². The quantitative estimate of drug-likeness (QED) is 0.184. The number of rotatable bonds is 5. The van der Waals surface area contributed by atoms with Crippen molar-refractivity contribution in [2.45, 2.75) is 43.6 Å². The van der Waals surface area contributed by atoms with Crippen molar-refractivity contribution in [1.82, 2.24) is 15.2 Å². The number of nitrogens with one attached hydrogen (secondary N) is 2. The number of anilines is 2. The first-order valence-electron chi connectivity index (χ1n) is 20.8. The van der Waals surface area contributed by atoms with Crippen molar-refractivity contribution in [2.24, 2.45) is 10.9 Å². The minimum absolute atomic E-state index is 0.0500. The number of nitrogens with zero attached hydrogens (tertiary/aromatic N) is 3. The van der Waals surface area contributed by atoms with Gasteiger partial charge in [0.1, 0.15) is 12.0 Å². The molecule has 58 heavy (non-hydrogen) atoms. The van der Waals surface area contributed by atoms with Crippen LogP contribution in [0.2, 0.25) is 0 Å². The highest BCUT2D eigenvalue weighted by molar-refractivity contribution is 6.05. The zero-order chi connectivity index (χ0) is 38.2. The van der Waals surface area contributed by atoms with Crippen molar-refractivity contribution >= 4 is 55.7 Å². The van der Waals surface area contributed by atoms with Gasteiger partial charge >= 0.3 is 0 Å². The van der Waals surface area contributed by atoms with Gasteiger partial charge in [-0.3, -0.25) is 5.32 Å². The Bertz CT molecular complexity index is 2980. The zero-order valence-electron chi connectivity index (χ0n) is 32.2. The van der Waals surface area contributed by atoms with E-state index >= 15 is 0 Å². The van der Waals surface area contributed by atoms with Gasteiger partial charge in [-0.2, -0.15) is 0 Å². The van der Waals surface area contributed by atoms with Gasteiger partial charge in [0.25, 0.3) is 0 Å². The Balaban J connectivity index is 0.959. The summed E-state index contributed by atoms with van der Waals surface area (Å²) in [7, 11) is 0. The van der Waals surface area contributed by atoms with Crippen LogP contribution in [0.15, 0.2) is 181 Å². The van der Waals surface area contributed by atoms with Crippen LogP contribution >= 0.6 is 0 Å². The molecule has 6 aromatic carbocycles. The number of aromatic nitrogens is 1. The molecular weight excluding hydrogens is 707 g/mol. The SMILES string of the molecule is C1=CCC(C2NC(c3cccc(-n4c5c(c6cc7cc(N8c9cc%10ccccc%10cc9C9C=CC=CC98)ccc7cc64)C=CCC5)c3)=NC(c3ccccc3)N2)C=C1. The van der Waals surface area contributed by atoms with Crippen LogP contribution in [-0.2, 0) is 6.42 Å². The fraction of sp³-hybridized carbons (Fsp3) is 0.151. The maximum absolute atomic E-state index is 5.30. The van der Waals surface area contributed by atoms with E-state index in [0.717, 1.165) is 36.3 Å². The molecule has 3 aliphatic carbocycles. The molecule has 7 aromatic rings. The van der Waals surface area contributed by atoms with Crippen molar-refractivity contribution in [2.75, 3.05) is 4.90 Å². The summed E-state index contributed by atoms with van der Waals surface area (Å²) in [4.78, 5) is 7.86. The molecule has 5 nitrogen and oxygen atoms in total. The number of fused-ring (bicyclic) bond motifs is 8. The lowest BCUT2D eigenvalue weighted by Crippen LogP contribution is -2.54.